The molecule has 1 N–H and O–H groups in total. The summed E-state index contributed by atoms with van der Waals surface area (Å²) < 4.78 is 13.1. The second-order valence-electron chi connectivity index (χ2n) is 8.94. The molecular weight excluding hydrogens is 508 g/mol. The quantitative estimate of drug-likeness (QED) is 0.415. The van der Waals surface area contributed by atoms with Crippen LogP contribution >= 0.6 is 22.9 Å². The Bertz CT molecular complexity index is 1770. The van der Waals surface area contributed by atoms with E-state index in [1.807, 2.05) is 30.3 Å². The first-order valence-corrected chi connectivity index (χ1v) is 13.0. The number of fused-ring (bicyclic) bond motifs is 3. The molecule has 3 aromatic carbocycles. The lowest BCUT2D eigenvalue weighted by atomic mass is 9.83. The number of nitrogens with zero attached hydrogens (tertiary/aromatic N) is 2. The van der Waals surface area contributed by atoms with Gasteiger partial charge < -0.3 is 14.6 Å². The minimum atomic E-state index is -0.296. The standard InChI is InChI=1S/C29H23ClN2O4S/c1-35-19-8-5-7-18(15-19)26-21-11-10-17-6-3-4-9-20(17)25(21)31-29-32(26)28(34)24(37-29)14-16-12-22(30)27(33)23(13-16)36-2/h3-9,12-15,26,33H,10-11H2,1-2H3/t26-/m1/s1. The van der Waals surface area contributed by atoms with Crippen molar-refractivity contribution in [3.63, 3.8) is 0 Å². The fourth-order valence-corrected chi connectivity index (χ4v) is 6.34. The predicted molar refractivity (Wildman–Crippen MR) is 145 cm³/mol. The third kappa shape index (κ3) is 3.95. The van der Waals surface area contributed by atoms with E-state index in [0.29, 0.717) is 14.9 Å². The van der Waals surface area contributed by atoms with Crippen molar-refractivity contribution in [2.75, 3.05) is 14.2 Å². The number of halogens is 1. The average Bonchev–Trinajstić information content (AvgIpc) is 3.23. The Hall–Kier alpha value is -3.81. The summed E-state index contributed by atoms with van der Waals surface area (Å²) in [6.07, 6.45) is 3.46. The number of methoxy groups -OCH3 is 2. The maximum Gasteiger partial charge on any atom is 0.271 e. The third-order valence-corrected chi connectivity index (χ3v) is 8.12. The average molecular weight is 531 g/mol. The molecule has 2 aliphatic rings. The monoisotopic (exact) mass is 530 g/mol. The number of benzene rings is 3. The molecule has 0 saturated heterocycles. The third-order valence-electron chi connectivity index (χ3n) is 6.85. The van der Waals surface area contributed by atoms with Crippen molar-refractivity contribution in [1.29, 1.82) is 0 Å². The summed E-state index contributed by atoms with van der Waals surface area (Å²) in [5.74, 6) is 0.848. The van der Waals surface area contributed by atoms with Crippen molar-refractivity contribution in [3.8, 4) is 17.2 Å². The highest BCUT2D eigenvalue weighted by Gasteiger charge is 2.32. The largest absolute Gasteiger partial charge is 0.503 e. The van der Waals surface area contributed by atoms with E-state index in [4.69, 9.17) is 26.1 Å². The van der Waals surface area contributed by atoms with Crippen LogP contribution in [0.5, 0.6) is 17.2 Å². The number of allylic oxidation sites excluding steroid dienone is 1. The zero-order valence-corrected chi connectivity index (χ0v) is 21.8. The molecule has 2 heterocycles. The number of aromatic hydroxyl groups is 1. The second kappa shape index (κ2) is 9.25. The Morgan fingerprint density at radius 3 is 2.73 bits per heavy atom. The summed E-state index contributed by atoms with van der Waals surface area (Å²) in [7, 11) is 3.10. The molecule has 0 unspecified atom stereocenters. The molecule has 6 rings (SSSR count). The molecule has 0 spiro atoms. The van der Waals surface area contributed by atoms with Crippen molar-refractivity contribution >= 4 is 34.7 Å². The number of thiazole rings is 1. The van der Waals surface area contributed by atoms with Gasteiger partial charge in [-0.3, -0.25) is 9.36 Å². The number of ether oxygens (including phenoxy) is 2. The van der Waals surface area contributed by atoms with Crippen LogP contribution in [0.2, 0.25) is 5.02 Å². The lowest BCUT2D eigenvalue weighted by molar-refractivity contribution is 0.373. The molecule has 1 aliphatic carbocycles. The summed E-state index contributed by atoms with van der Waals surface area (Å²) in [6.45, 7) is 0. The van der Waals surface area contributed by atoms with E-state index in [-0.39, 0.29) is 28.1 Å². The summed E-state index contributed by atoms with van der Waals surface area (Å²) in [5, 5.41) is 10.3. The van der Waals surface area contributed by atoms with Crippen LogP contribution in [-0.4, -0.2) is 23.9 Å². The molecule has 0 amide bonds. The first-order chi connectivity index (χ1) is 18.0. The van der Waals surface area contributed by atoms with Crippen molar-refractivity contribution in [2.24, 2.45) is 4.99 Å². The van der Waals surface area contributed by atoms with E-state index in [1.165, 1.54) is 24.0 Å². The summed E-state index contributed by atoms with van der Waals surface area (Å²) in [6, 6.07) is 19.2. The molecule has 0 fully saturated rings. The molecule has 8 heteroatoms. The number of aryl methyl sites for hydroxylation is 1. The summed E-state index contributed by atoms with van der Waals surface area (Å²) in [4.78, 5) is 19.6. The molecule has 4 aromatic rings. The number of hydrogen-bond donors (Lipinski definition) is 1. The Labute approximate surface area is 222 Å². The van der Waals surface area contributed by atoms with Crippen LogP contribution in [0, 0.1) is 0 Å². The van der Waals surface area contributed by atoms with E-state index in [1.54, 1.807) is 29.9 Å². The van der Waals surface area contributed by atoms with Crippen molar-refractivity contribution in [3.05, 3.63) is 113 Å². The van der Waals surface area contributed by atoms with Gasteiger partial charge in [-0.05, 0) is 65.4 Å². The minimum absolute atomic E-state index is 0.132. The predicted octanol–water partition coefficient (Wildman–Crippen LogP) is 4.69. The maximum absolute atomic E-state index is 13.9. The van der Waals surface area contributed by atoms with Gasteiger partial charge in [0.2, 0.25) is 0 Å². The van der Waals surface area contributed by atoms with Gasteiger partial charge in [-0.1, -0.05) is 59.3 Å². The number of rotatable bonds is 4. The molecule has 0 radical (unpaired) electrons. The van der Waals surface area contributed by atoms with Crippen LogP contribution in [0.3, 0.4) is 0 Å². The highest BCUT2D eigenvalue weighted by molar-refractivity contribution is 7.07. The lowest BCUT2D eigenvalue weighted by Crippen LogP contribution is -2.38. The Morgan fingerprint density at radius 2 is 1.92 bits per heavy atom. The first kappa shape index (κ1) is 23.6. The van der Waals surface area contributed by atoms with E-state index < -0.39 is 0 Å². The topological polar surface area (TPSA) is 73.1 Å². The highest BCUT2D eigenvalue weighted by Crippen LogP contribution is 2.41. The summed E-state index contributed by atoms with van der Waals surface area (Å²) in [5.41, 5.74) is 5.94. The van der Waals surface area contributed by atoms with Crippen LogP contribution < -0.4 is 24.4 Å². The molecule has 0 saturated carbocycles. The van der Waals surface area contributed by atoms with Gasteiger partial charge in [0.05, 0.1) is 35.5 Å². The molecule has 0 bridgehead atoms. The van der Waals surface area contributed by atoms with Crippen LogP contribution in [-0.2, 0) is 6.42 Å². The van der Waals surface area contributed by atoms with Crippen molar-refractivity contribution < 1.29 is 14.6 Å². The van der Waals surface area contributed by atoms with E-state index in [2.05, 4.69) is 18.2 Å². The van der Waals surface area contributed by atoms with Gasteiger partial charge in [-0.15, -0.1) is 0 Å². The van der Waals surface area contributed by atoms with E-state index in [9.17, 15) is 9.90 Å². The van der Waals surface area contributed by atoms with Crippen LogP contribution in [0.25, 0.3) is 11.8 Å². The van der Waals surface area contributed by atoms with Crippen LogP contribution in [0.15, 0.2) is 76.0 Å². The fourth-order valence-electron chi connectivity index (χ4n) is 5.12. The van der Waals surface area contributed by atoms with Crippen LogP contribution in [0.4, 0.5) is 0 Å². The van der Waals surface area contributed by atoms with Crippen molar-refractivity contribution in [1.82, 2.24) is 4.57 Å². The Kier molecular flexibility index (Phi) is 5.89. The molecule has 186 valence electrons. The first-order valence-electron chi connectivity index (χ1n) is 11.8. The zero-order chi connectivity index (χ0) is 25.7. The fraction of sp³-hybridized carbons (Fsp3) is 0.172. The normalized spacial score (nSPS) is 16.5. The number of hydrogen-bond acceptors (Lipinski definition) is 6. The van der Waals surface area contributed by atoms with Gasteiger partial charge in [-0.25, -0.2) is 4.99 Å². The van der Waals surface area contributed by atoms with Crippen molar-refractivity contribution in [2.45, 2.75) is 18.9 Å². The van der Waals surface area contributed by atoms with E-state index in [0.717, 1.165) is 41.0 Å². The van der Waals surface area contributed by atoms with Gasteiger partial charge in [0.1, 0.15) is 5.75 Å². The number of phenols is 1. The lowest BCUT2D eigenvalue weighted by Gasteiger charge is -2.31. The molecular formula is C29H23ClN2O4S. The number of aromatic nitrogens is 1. The Morgan fingerprint density at radius 1 is 1.08 bits per heavy atom. The highest BCUT2D eigenvalue weighted by atomic mass is 35.5. The molecule has 37 heavy (non-hydrogen) atoms. The van der Waals surface area contributed by atoms with Gasteiger partial charge in [0, 0.05) is 5.56 Å². The Balaban J connectivity index is 1.61. The molecule has 1 atom stereocenters. The van der Waals surface area contributed by atoms with Gasteiger partial charge in [0.25, 0.3) is 5.56 Å². The second-order valence-corrected chi connectivity index (χ2v) is 10.4. The zero-order valence-electron chi connectivity index (χ0n) is 20.2. The van der Waals surface area contributed by atoms with Gasteiger partial charge in [0.15, 0.2) is 16.3 Å². The maximum atomic E-state index is 13.9. The summed E-state index contributed by atoms with van der Waals surface area (Å²) >= 11 is 7.54. The molecule has 6 nitrogen and oxygen atoms in total. The van der Waals surface area contributed by atoms with Gasteiger partial charge in [-0.2, -0.15) is 0 Å². The smallest absolute Gasteiger partial charge is 0.271 e. The number of phenolic OH excluding ortho intramolecular Hbond substituents is 1. The van der Waals surface area contributed by atoms with Gasteiger partial charge >= 0.3 is 0 Å². The molecule has 1 aliphatic heterocycles. The van der Waals surface area contributed by atoms with Crippen LogP contribution in [0.1, 0.15) is 34.7 Å². The molecule has 1 aromatic heterocycles. The minimum Gasteiger partial charge on any atom is -0.503 e. The SMILES string of the molecule is COc1cccc([C@@H]2C3=C(N=c4sc(=Cc5cc(Cl)c(O)c(OC)c5)c(=O)n42)c2ccccc2CC3)c1. The van der Waals surface area contributed by atoms with E-state index >= 15 is 0 Å².